The molecule has 0 aliphatic heterocycles. The van der Waals surface area contributed by atoms with E-state index in [1.165, 1.54) is 12.8 Å². The third-order valence-electron chi connectivity index (χ3n) is 5.42. The predicted octanol–water partition coefficient (Wildman–Crippen LogP) is 3.85. The second-order valence-corrected chi connectivity index (χ2v) is 10.4. The zero-order valence-corrected chi connectivity index (χ0v) is 19.2. The molecule has 0 bridgehead atoms. The van der Waals surface area contributed by atoms with E-state index in [0.717, 1.165) is 37.0 Å². The van der Waals surface area contributed by atoms with Crippen molar-refractivity contribution in [1.29, 1.82) is 0 Å². The fourth-order valence-electron chi connectivity index (χ4n) is 3.80. The average molecular weight is 440 g/mol. The van der Waals surface area contributed by atoms with Crippen molar-refractivity contribution in [2.24, 2.45) is 0 Å². The van der Waals surface area contributed by atoms with Gasteiger partial charge in [-0.15, -0.1) is 0 Å². The monoisotopic (exact) mass is 439 g/mol. The van der Waals surface area contributed by atoms with Crippen LogP contribution in [0.1, 0.15) is 70.3 Å². The molecule has 1 aromatic carbocycles. The van der Waals surface area contributed by atoms with Crippen molar-refractivity contribution < 1.29 is 22.7 Å². The molecule has 170 valence electrons. The van der Waals surface area contributed by atoms with Gasteiger partial charge in [-0.2, -0.15) is 0 Å². The first-order valence-corrected chi connectivity index (χ1v) is 13.0. The first-order valence-electron chi connectivity index (χ1n) is 11.2. The maximum absolute atomic E-state index is 12.5. The summed E-state index contributed by atoms with van der Waals surface area (Å²) in [4.78, 5) is 11.2. The number of unbranched alkanes of at least 4 members (excludes halogenated alkanes) is 2. The van der Waals surface area contributed by atoms with Gasteiger partial charge in [0.2, 0.25) is 0 Å². The number of hydrogen-bond acceptors (Lipinski definition) is 6. The molecular weight excluding hydrogens is 402 g/mol. The van der Waals surface area contributed by atoms with E-state index < -0.39 is 9.84 Å². The van der Waals surface area contributed by atoms with Crippen LogP contribution in [0.4, 0.5) is 0 Å². The molecule has 0 aromatic heterocycles. The molecule has 1 N–H and O–H groups in total. The lowest BCUT2D eigenvalue weighted by Gasteiger charge is -2.16. The highest BCUT2D eigenvalue weighted by Crippen LogP contribution is 2.27. The third-order valence-corrected chi connectivity index (χ3v) is 7.34. The van der Waals surface area contributed by atoms with Gasteiger partial charge in [0.1, 0.15) is 5.75 Å². The number of carbonyl (C=O) groups is 1. The Labute approximate surface area is 181 Å². The van der Waals surface area contributed by atoms with E-state index >= 15 is 0 Å². The number of hydrogen-bond donors (Lipinski definition) is 1. The van der Waals surface area contributed by atoms with E-state index in [0.29, 0.717) is 25.7 Å². The largest absolute Gasteiger partial charge is 0.490 e. The molecule has 0 saturated heterocycles. The Morgan fingerprint density at radius 1 is 1.20 bits per heavy atom. The Bertz CT molecular complexity index is 744. The van der Waals surface area contributed by atoms with Crippen LogP contribution in [-0.4, -0.2) is 51.7 Å². The summed E-state index contributed by atoms with van der Waals surface area (Å²) in [7, 11) is -3.11. The maximum Gasteiger partial charge on any atom is 0.319 e. The van der Waals surface area contributed by atoms with E-state index in [9.17, 15) is 13.2 Å². The maximum atomic E-state index is 12.5. The van der Waals surface area contributed by atoms with Crippen LogP contribution in [0.15, 0.2) is 24.3 Å². The summed E-state index contributed by atoms with van der Waals surface area (Å²) in [5.41, 5.74) is 1.01. The lowest BCUT2D eigenvalue weighted by Crippen LogP contribution is -2.25. The average Bonchev–Trinajstić information content (AvgIpc) is 3.20. The van der Waals surface area contributed by atoms with Crippen molar-refractivity contribution in [3.63, 3.8) is 0 Å². The molecule has 1 aliphatic carbocycles. The highest BCUT2D eigenvalue weighted by atomic mass is 32.2. The van der Waals surface area contributed by atoms with Gasteiger partial charge in [0.25, 0.3) is 0 Å². The second-order valence-electron chi connectivity index (χ2n) is 8.15. The summed E-state index contributed by atoms with van der Waals surface area (Å²) in [6.45, 7) is 5.01. The summed E-state index contributed by atoms with van der Waals surface area (Å²) in [6.07, 6.45) is 7.24. The molecule has 1 saturated carbocycles. The minimum absolute atomic E-state index is 0.0617. The number of carbonyl (C=O) groups excluding carboxylic acids is 1. The Hall–Kier alpha value is -1.60. The lowest BCUT2D eigenvalue weighted by molar-refractivity contribution is -0.141. The molecule has 1 aliphatic rings. The van der Waals surface area contributed by atoms with E-state index in [1.54, 1.807) is 6.92 Å². The molecular formula is C23H37NO5S. The topological polar surface area (TPSA) is 81.7 Å². The van der Waals surface area contributed by atoms with Crippen LogP contribution >= 0.6 is 0 Å². The molecule has 30 heavy (non-hydrogen) atoms. The second kappa shape index (κ2) is 13.0. The zero-order chi connectivity index (χ0) is 21.8. The first kappa shape index (κ1) is 24.7. The zero-order valence-electron chi connectivity index (χ0n) is 18.4. The molecule has 0 heterocycles. The molecule has 0 unspecified atom stereocenters. The predicted molar refractivity (Wildman–Crippen MR) is 120 cm³/mol. The Morgan fingerprint density at radius 3 is 2.70 bits per heavy atom. The van der Waals surface area contributed by atoms with Gasteiger partial charge in [0.15, 0.2) is 9.84 Å². The quantitative estimate of drug-likeness (QED) is 0.350. The van der Waals surface area contributed by atoms with Crippen LogP contribution in [0.5, 0.6) is 5.75 Å². The van der Waals surface area contributed by atoms with Gasteiger partial charge in [-0.3, -0.25) is 4.79 Å². The molecule has 2 rings (SSSR count). The Balaban J connectivity index is 1.68. The summed E-state index contributed by atoms with van der Waals surface area (Å²) < 4.78 is 35.9. The first-order chi connectivity index (χ1) is 14.4. The van der Waals surface area contributed by atoms with E-state index in [4.69, 9.17) is 9.47 Å². The number of esters is 1. The molecule has 0 radical (unpaired) electrons. The molecule has 7 heteroatoms. The summed E-state index contributed by atoms with van der Waals surface area (Å²) in [5, 5.41) is 3.02. The van der Waals surface area contributed by atoms with Gasteiger partial charge >= 0.3 is 5.97 Å². The number of sulfone groups is 1. The molecule has 0 spiro atoms. The van der Waals surface area contributed by atoms with Crippen LogP contribution in [0.25, 0.3) is 0 Å². The highest BCUT2D eigenvalue weighted by Gasteiger charge is 2.19. The van der Waals surface area contributed by atoms with Gasteiger partial charge in [0, 0.05) is 0 Å². The van der Waals surface area contributed by atoms with Gasteiger partial charge in [-0.1, -0.05) is 25.5 Å². The van der Waals surface area contributed by atoms with E-state index in [1.807, 2.05) is 31.2 Å². The minimum atomic E-state index is -3.11. The van der Waals surface area contributed by atoms with Crippen molar-refractivity contribution in [3.8, 4) is 5.75 Å². The fraction of sp³-hybridized carbons (Fsp3) is 0.696. The number of nitrogens with one attached hydrogen (secondary N) is 1. The standard InChI is InChI=1S/C23H37NO5S/c1-3-28-23(25)17-24-14-7-4-8-15-30(26,27)18-19(2)20-10-9-13-22(16-20)29-21-11-5-6-12-21/h9-10,13,16,19,21,24H,3-8,11-12,14-15,17-18H2,1-2H3/t19-/m0/s1. The molecule has 6 nitrogen and oxygen atoms in total. The van der Waals surface area contributed by atoms with Crippen LogP contribution < -0.4 is 10.1 Å². The van der Waals surface area contributed by atoms with E-state index in [2.05, 4.69) is 5.32 Å². The normalized spacial score (nSPS) is 15.8. The van der Waals surface area contributed by atoms with Crippen molar-refractivity contribution in [2.45, 2.75) is 70.8 Å². The number of ether oxygens (including phenoxy) is 2. The molecule has 1 fully saturated rings. The Kier molecular flexibility index (Phi) is 10.6. The molecule has 0 amide bonds. The van der Waals surface area contributed by atoms with Gasteiger partial charge in [-0.05, 0) is 75.6 Å². The highest BCUT2D eigenvalue weighted by molar-refractivity contribution is 7.91. The van der Waals surface area contributed by atoms with Gasteiger partial charge in [-0.25, -0.2) is 8.42 Å². The smallest absolute Gasteiger partial charge is 0.319 e. The summed E-state index contributed by atoms with van der Waals surface area (Å²) in [5.74, 6) is 0.883. The summed E-state index contributed by atoms with van der Waals surface area (Å²) in [6, 6.07) is 7.88. The van der Waals surface area contributed by atoms with Gasteiger partial charge in [0.05, 0.1) is 30.8 Å². The SMILES string of the molecule is CCOC(=O)CNCCCCCS(=O)(=O)C[C@H](C)c1cccc(OC2CCCC2)c1. The van der Waals surface area contributed by atoms with Crippen LogP contribution in [-0.2, 0) is 19.4 Å². The van der Waals surface area contributed by atoms with Crippen LogP contribution in [0.2, 0.25) is 0 Å². The van der Waals surface area contributed by atoms with Crippen molar-refractivity contribution in [2.75, 3.05) is 31.2 Å². The van der Waals surface area contributed by atoms with E-state index in [-0.39, 0.29) is 29.9 Å². The van der Waals surface area contributed by atoms with Crippen LogP contribution in [0.3, 0.4) is 0 Å². The van der Waals surface area contributed by atoms with Crippen LogP contribution in [0, 0.1) is 0 Å². The molecule has 1 aromatic rings. The van der Waals surface area contributed by atoms with Gasteiger partial charge < -0.3 is 14.8 Å². The van der Waals surface area contributed by atoms with Crippen molar-refractivity contribution >= 4 is 15.8 Å². The van der Waals surface area contributed by atoms with Crippen molar-refractivity contribution in [3.05, 3.63) is 29.8 Å². The van der Waals surface area contributed by atoms with Crippen molar-refractivity contribution in [1.82, 2.24) is 5.32 Å². The number of benzene rings is 1. The fourth-order valence-corrected chi connectivity index (χ4v) is 5.57. The summed E-state index contributed by atoms with van der Waals surface area (Å²) >= 11 is 0. The minimum Gasteiger partial charge on any atom is -0.490 e. The Morgan fingerprint density at radius 2 is 1.97 bits per heavy atom. The number of rotatable bonds is 14. The molecule has 1 atom stereocenters. The lowest BCUT2D eigenvalue weighted by atomic mass is 10.0. The third kappa shape index (κ3) is 9.47.